The third-order valence-corrected chi connectivity index (χ3v) is 3.91. The average Bonchev–Trinajstić information content (AvgIpc) is 2.56. The minimum absolute atomic E-state index is 0.343. The number of rotatable bonds is 2. The van der Waals surface area contributed by atoms with E-state index in [-0.39, 0.29) is 0 Å². The van der Waals surface area contributed by atoms with Gasteiger partial charge >= 0.3 is 5.97 Å². The molecule has 0 spiro atoms. The van der Waals surface area contributed by atoms with Gasteiger partial charge in [0, 0.05) is 28.7 Å². The normalized spacial score (nSPS) is 18.6. The van der Waals surface area contributed by atoms with Crippen LogP contribution in [0.4, 0.5) is 5.69 Å². The predicted molar refractivity (Wildman–Crippen MR) is 72.0 cm³/mol. The molecular formula is C13H16BrNO2. The zero-order chi connectivity index (χ0) is 12.7. The highest BCUT2D eigenvalue weighted by molar-refractivity contribution is 9.10. The SMILES string of the molecule is CC1CN(C(C)C)c2cc(C(=O)O)cc(Br)c21. The molecule has 1 aromatic rings. The molecule has 0 radical (unpaired) electrons. The van der Waals surface area contributed by atoms with Gasteiger partial charge in [0.05, 0.1) is 5.56 Å². The Morgan fingerprint density at radius 2 is 2.18 bits per heavy atom. The summed E-state index contributed by atoms with van der Waals surface area (Å²) < 4.78 is 0.906. The Hall–Kier alpha value is -1.03. The number of benzene rings is 1. The fraction of sp³-hybridized carbons (Fsp3) is 0.462. The highest BCUT2D eigenvalue weighted by Gasteiger charge is 2.30. The monoisotopic (exact) mass is 297 g/mol. The summed E-state index contributed by atoms with van der Waals surface area (Å²) in [5.74, 6) is -0.443. The second kappa shape index (κ2) is 4.33. The van der Waals surface area contributed by atoms with Crippen LogP contribution >= 0.6 is 15.9 Å². The molecule has 1 aliphatic heterocycles. The maximum absolute atomic E-state index is 11.1. The van der Waals surface area contributed by atoms with E-state index in [4.69, 9.17) is 5.11 Å². The molecule has 4 heteroatoms. The summed E-state index contributed by atoms with van der Waals surface area (Å²) >= 11 is 3.49. The summed E-state index contributed by atoms with van der Waals surface area (Å²) in [6.07, 6.45) is 0. The average molecular weight is 298 g/mol. The van der Waals surface area contributed by atoms with Crippen LogP contribution in [0.3, 0.4) is 0 Å². The molecule has 1 heterocycles. The van der Waals surface area contributed by atoms with Crippen LogP contribution in [0.1, 0.15) is 42.6 Å². The van der Waals surface area contributed by atoms with Gasteiger partial charge in [-0.2, -0.15) is 0 Å². The van der Waals surface area contributed by atoms with Gasteiger partial charge in [0.25, 0.3) is 0 Å². The van der Waals surface area contributed by atoms with E-state index >= 15 is 0 Å². The summed E-state index contributed by atoms with van der Waals surface area (Å²) in [5, 5.41) is 9.09. The first kappa shape index (κ1) is 12.4. The minimum Gasteiger partial charge on any atom is -0.478 e. The largest absolute Gasteiger partial charge is 0.478 e. The second-order valence-electron chi connectivity index (χ2n) is 4.84. The summed E-state index contributed by atoms with van der Waals surface area (Å²) in [6.45, 7) is 7.38. The topological polar surface area (TPSA) is 40.5 Å². The molecule has 1 unspecified atom stereocenters. The van der Waals surface area contributed by atoms with Gasteiger partial charge in [-0.05, 0) is 31.5 Å². The van der Waals surface area contributed by atoms with Gasteiger partial charge in [-0.3, -0.25) is 0 Å². The van der Waals surface area contributed by atoms with E-state index < -0.39 is 5.97 Å². The zero-order valence-electron chi connectivity index (χ0n) is 10.2. The molecule has 92 valence electrons. The molecule has 0 amide bonds. The van der Waals surface area contributed by atoms with E-state index in [0.717, 1.165) is 16.7 Å². The quantitative estimate of drug-likeness (QED) is 0.908. The third kappa shape index (κ3) is 2.06. The lowest BCUT2D eigenvalue weighted by atomic mass is 10.0. The third-order valence-electron chi connectivity index (χ3n) is 3.25. The van der Waals surface area contributed by atoms with Gasteiger partial charge in [-0.25, -0.2) is 4.79 Å². The van der Waals surface area contributed by atoms with E-state index in [1.807, 2.05) is 0 Å². The number of hydrogen-bond acceptors (Lipinski definition) is 2. The van der Waals surface area contributed by atoms with Gasteiger partial charge in [-0.1, -0.05) is 22.9 Å². The number of carbonyl (C=O) groups is 1. The van der Waals surface area contributed by atoms with Crippen molar-refractivity contribution < 1.29 is 9.90 Å². The van der Waals surface area contributed by atoms with Crippen LogP contribution in [0.25, 0.3) is 0 Å². The molecular weight excluding hydrogens is 282 g/mol. The van der Waals surface area contributed by atoms with Crippen molar-refractivity contribution in [2.24, 2.45) is 0 Å². The van der Waals surface area contributed by atoms with Crippen molar-refractivity contribution in [3.63, 3.8) is 0 Å². The maximum Gasteiger partial charge on any atom is 0.335 e. The Morgan fingerprint density at radius 1 is 1.53 bits per heavy atom. The smallest absolute Gasteiger partial charge is 0.335 e. The number of fused-ring (bicyclic) bond motifs is 1. The molecule has 1 N–H and O–H groups in total. The van der Waals surface area contributed by atoms with Gasteiger partial charge in [0.2, 0.25) is 0 Å². The van der Waals surface area contributed by atoms with Gasteiger partial charge in [-0.15, -0.1) is 0 Å². The second-order valence-corrected chi connectivity index (χ2v) is 5.70. The van der Waals surface area contributed by atoms with Crippen LogP contribution in [0, 0.1) is 0 Å². The van der Waals surface area contributed by atoms with Crippen LogP contribution in [-0.2, 0) is 0 Å². The Morgan fingerprint density at radius 3 is 2.71 bits per heavy atom. The molecule has 0 aromatic heterocycles. The number of nitrogens with zero attached hydrogens (tertiary/aromatic N) is 1. The van der Waals surface area contributed by atoms with Crippen LogP contribution in [-0.4, -0.2) is 23.7 Å². The van der Waals surface area contributed by atoms with Crippen molar-refractivity contribution in [1.82, 2.24) is 0 Å². The molecule has 3 nitrogen and oxygen atoms in total. The Labute approximate surface area is 110 Å². The predicted octanol–water partition coefficient (Wildman–Crippen LogP) is 3.48. The van der Waals surface area contributed by atoms with Crippen molar-refractivity contribution >= 4 is 27.6 Å². The lowest BCUT2D eigenvalue weighted by Crippen LogP contribution is -2.29. The summed E-state index contributed by atoms with van der Waals surface area (Å²) in [4.78, 5) is 13.3. The fourth-order valence-corrected chi connectivity index (χ4v) is 3.27. The maximum atomic E-state index is 11.1. The standard InChI is InChI=1S/C13H16BrNO2/c1-7(2)15-6-8(3)12-10(14)4-9(13(16)17)5-11(12)15/h4-5,7-8H,6H2,1-3H3,(H,16,17). The number of aromatic carboxylic acids is 1. The Balaban J connectivity index is 2.58. The molecule has 0 fully saturated rings. The summed E-state index contributed by atoms with van der Waals surface area (Å²) in [5.41, 5.74) is 2.62. The van der Waals surface area contributed by atoms with Gasteiger partial charge in [0.1, 0.15) is 0 Å². The minimum atomic E-state index is -0.878. The first-order chi connectivity index (χ1) is 7.91. The van der Waals surface area contributed by atoms with Crippen LogP contribution < -0.4 is 4.90 Å². The number of hydrogen-bond donors (Lipinski definition) is 1. The lowest BCUT2D eigenvalue weighted by Gasteiger charge is -2.24. The van der Waals surface area contributed by atoms with Crippen molar-refractivity contribution in [3.8, 4) is 0 Å². The molecule has 0 saturated heterocycles. The molecule has 0 aliphatic carbocycles. The summed E-state index contributed by atoms with van der Waals surface area (Å²) in [7, 11) is 0. The number of carboxylic acid groups (broad SMARTS) is 1. The molecule has 0 saturated carbocycles. The first-order valence-electron chi connectivity index (χ1n) is 5.75. The Bertz CT molecular complexity index is 471. The zero-order valence-corrected chi connectivity index (χ0v) is 11.8. The van der Waals surface area contributed by atoms with E-state index in [2.05, 4.69) is 41.6 Å². The van der Waals surface area contributed by atoms with Crippen molar-refractivity contribution in [1.29, 1.82) is 0 Å². The van der Waals surface area contributed by atoms with Crippen LogP contribution in [0.5, 0.6) is 0 Å². The highest BCUT2D eigenvalue weighted by Crippen LogP contribution is 2.42. The summed E-state index contributed by atoms with van der Waals surface area (Å²) in [6, 6.07) is 3.86. The van der Waals surface area contributed by atoms with Crippen LogP contribution in [0.15, 0.2) is 16.6 Å². The molecule has 2 rings (SSSR count). The van der Waals surface area contributed by atoms with E-state index in [9.17, 15) is 4.79 Å². The van der Waals surface area contributed by atoms with Crippen molar-refractivity contribution in [2.45, 2.75) is 32.7 Å². The van der Waals surface area contributed by atoms with Crippen molar-refractivity contribution in [3.05, 3.63) is 27.7 Å². The Kier molecular flexibility index (Phi) is 3.17. The van der Waals surface area contributed by atoms with Crippen molar-refractivity contribution in [2.75, 3.05) is 11.4 Å². The molecule has 0 bridgehead atoms. The highest BCUT2D eigenvalue weighted by atomic mass is 79.9. The number of halogens is 1. The molecule has 17 heavy (non-hydrogen) atoms. The fourth-order valence-electron chi connectivity index (χ4n) is 2.43. The van der Waals surface area contributed by atoms with Crippen LogP contribution in [0.2, 0.25) is 0 Å². The van der Waals surface area contributed by atoms with E-state index in [1.54, 1.807) is 12.1 Å². The van der Waals surface area contributed by atoms with Gasteiger partial charge < -0.3 is 10.0 Å². The van der Waals surface area contributed by atoms with E-state index in [1.165, 1.54) is 5.56 Å². The molecule has 1 aromatic carbocycles. The van der Waals surface area contributed by atoms with E-state index in [0.29, 0.717) is 17.5 Å². The first-order valence-corrected chi connectivity index (χ1v) is 6.54. The van der Waals surface area contributed by atoms with Gasteiger partial charge in [0.15, 0.2) is 0 Å². The number of carboxylic acids is 1. The molecule has 1 aliphatic rings. The lowest BCUT2D eigenvalue weighted by molar-refractivity contribution is 0.0697. The molecule has 1 atom stereocenters. The number of anilines is 1.